The molecule has 0 radical (unpaired) electrons. The van der Waals surface area contributed by atoms with Crippen molar-refractivity contribution < 1.29 is 19.4 Å². The third kappa shape index (κ3) is 2.60. The number of hydrogen-bond acceptors (Lipinski definition) is 4. The Morgan fingerprint density at radius 1 is 1.39 bits per heavy atom. The maximum atomic E-state index is 11.5. The van der Waals surface area contributed by atoms with E-state index < -0.39 is 11.9 Å². The molecule has 1 aromatic rings. The molecule has 0 aliphatic carbocycles. The lowest BCUT2D eigenvalue weighted by molar-refractivity contribution is -0.131. The van der Waals surface area contributed by atoms with Gasteiger partial charge in [0.1, 0.15) is 10.8 Å². The molecule has 0 fully saturated rings. The minimum atomic E-state index is -1.16. The second-order valence-electron chi connectivity index (χ2n) is 3.40. The van der Waals surface area contributed by atoms with Crippen molar-refractivity contribution in [1.29, 1.82) is 0 Å². The quantitative estimate of drug-likeness (QED) is 0.840. The highest BCUT2D eigenvalue weighted by Crippen LogP contribution is 2.30. The molecule has 92 valence electrons. The Labute approximate surface area is 107 Å². The fraction of sp³-hybridized carbons (Fsp3) is 0.0833. The minimum Gasteiger partial charge on any atom is -0.497 e. The maximum absolute atomic E-state index is 11.5. The van der Waals surface area contributed by atoms with Crippen molar-refractivity contribution in [2.24, 2.45) is 4.99 Å². The van der Waals surface area contributed by atoms with E-state index in [2.05, 4.69) is 4.99 Å². The number of nitrogens with zero attached hydrogens (tertiary/aromatic N) is 1. The number of carboxylic acids is 1. The smallest absolute Gasteiger partial charge is 0.329 e. The number of benzene rings is 1. The fourth-order valence-corrected chi connectivity index (χ4v) is 2.26. The standard InChI is InChI=1S/C12H9NO4S/c1-17-8-4-2-7(3-5-8)12-13-11(16)9(18-12)6-10(14)15/h2-6H,1H3,(H,14,15)/b9-6+. The number of amides is 1. The largest absolute Gasteiger partial charge is 0.497 e. The molecule has 0 unspecified atom stereocenters. The van der Waals surface area contributed by atoms with Crippen molar-refractivity contribution in [2.75, 3.05) is 7.11 Å². The highest BCUT2D eigenvalue weighted by atomic mass is 32.2. The maximum Gasteiger partial charge on any atom is 0.329 e. The topological polar surface area (TPSA) is 76.0 Å². The van der Waals surface area contributed by atoms with Gasteiger partial charge in [-0.2, -0.15) is 0 Å². The van der Waals surface area contributed by atoms with Crippen LogP contribution in [0.15, 0.2) is 40.2 Å². The second-order valence-corrected chi connectivity index (χ2v) is 4.43. The molecule has 0 spiro atoms. The lowest BCUT2D eigenvalue weighted by atomic mass is 10.2. The lowest BCUT2D eigenvalue weighted by Gasteiger charge is -2.01. The van der Waals surface area contributed by atoms with E-state index in [-0.39, 0.29) is 4.91 Å². The minimum absolute atomic E-state index is 0.119. The first-order valence-corrected chi connectivity index (χ1v) is 5.81. The molecule has 6 heteroatoms. The monoisotopic (exact) mass is 263 g/mol. The third-order valence-electron chi connectivity index (χ3n) is 2.21. The van der Waals surface area contributed by atoms with E-state index in [1.165, 1.54) is 0 Å². The molecule has 5 nitrogen and oxygen atoms in total. The van der Waals surface area contributed by atoms with Crippen LogP contribution in [0, 0.1) is 0 Å². The van der Waals surface area contributed by atoms with E-state index in [4.69, 9.17) is 9.84 Å². The molecule has 0 atom stereocenters. The van der Waals surface area contributed by atoms with Crippen LogP contribution in [0.25, 0.3) is 0 Å². The van der Waals surface area contributed by atoms with Crippen molar-refractivity contribution in [3.8, 4) is 5.75 Å². The summed E-state index contributed by atoms with van der Waals surface area (Å²) in [5.41, 5.74) is 0.753. The molecule has 0 bridgehead atoms. The number of carboxylic acid groups (broad SMARTS) is 1. The summed E-state index contributed by atoms with van der Waals surface area (Å²) < 4.78 is 5.02. The number of hydrogen-bond donors (Lipinski definition) is 1. The van der Waals surface area contributed by atoms with Gasteiger partial charge in [0, 0.05) is 11.6 Å². The first-order valence-electron chi connectivity index (χ1n) is 5.00. The summed E-state index contributed by atoms with van der Waals surface area (Å²) in [7, 11) is 1.56. The average Bonchev–Trinajstić information content (AvgIpc) is 2.70. The van der Waals surface area contributed by atoms with Crippen LogP contribution in [0.2, 0.25) is 0 Å². The molecular formula is C12H9NO4S. The zero-order valence-corrected chi connectivity index (χ0v) is 10.2. The molecule has 1 aliphatic heterocycles. The van der Waals surface area contributed by atoms with Crippen LogP contribution in [0.4, 0.5) is 0 Å². The van der Waals surface area contributed by atoms with Crippen molar-refractivity contribution in [3.05, 3.63) is 40.8 Å². The summed E-state index contributed by atoms with van der Waals surface area (Å²) >= 11 is 1.05. The number of methoxy groups -OCH3 is 1. The molecule has 18 heavy (non-hydrogen) atoms. The Bertz CT molecular complexity index is 560. The normalized spacial score (nSPS) is 16.8. The Kier molecular flexibility index (Phi) is 3.47. The molecular weight excluding hydrogens is 254 g/mol. The van der Waals surface area contributed by atoms with Crippen molar-refractivity contribution >= 4 is 28.7 Å². The van der Waals surface area contributed by atoms with Gasteiger partial charge in [0.15, 0.2) is 0 Å². The zero-order valence-electron chi connectivity index (χ0n) is 9.41. The molecule has 1 aromatic carbocycles. The number of aliphatic carboxylic acids is 1. The Hall–Kier alpha value is -2.08. The van der Waals surface area contributed by atoms with Gasteiger partial charge in [-0.25, -0.2) is 9.79 Å². The van der Waals surface area contributed by atoms with Gasteiger partial charge >= 0.3 is 5.97 Å². The van der Waals surface area contributed by atoms with Crippen LogP contribution in [0.3, 0.4) is 0 Å². The van der Waals surface area contributed by atoms with Crippen LogP contribution in [-0.4, -0.2) is 29.1 Å². The molecule has 0 aromatic heterocycles. The van der Waals surface area contributed by atoms with E-state index >= 15 is 0 Å². The molecule has 1 amide bonds. The number of ether oxygens (including phenoxy) is 1. The summed E-state index contributed by atoms with van der Waals surface area (Å²) in [4.78, 5) is 25.9. The number of thioether (sulfide) groups is 1. The van der Waals surface area contributed by atoms with Gasteiger partial charge in [0.05, 0.1) is 12.0 Å². The number of rotatable bonds is 3. The summed E-state index contributed by atoms with van der Waals surface area (Å²) in [5.74, 6) is -0.972. The predicted octanol–water partition coefficient (Wildman–Crippen LogP) is 1.68. The van der Waals surface area contributed by atoms with E-state index in [9.17, 15) is 9.59 Å². The van der Waals surface area contributed by atoms with Crippen LogP contribution in [-0.2, 0) is 9.59 Å². The summed E-state index contributed by atoms with van der Waals surface area (Å²) in [6.45, 7) is 0. The first kappa shape index (κ1) is 12.4. The van der Waals surface area contributed by atoms with E-state index in [0.717, 1.165) is 23.4 Å². The molecule has 0 saturated carbocycles. The van der Waals surface area contributed by atoms with Crippen LogP contribution in [0.1, 0.15) is 5.56 Å². The highest BCUT2D eigenvalue weighted by Gasteiger charge is 2.23. The average molecular weight is 263 g/mol. The second kappa shape index (κ2) is 5.05. The molecule has 1 heterocycles. The van der Waals surface area contributed by atoms with Gasteiger partial charge in [0.25, 0.3) is 5.91 Å². The molecule has 1 aliphatic rings. The van der Waals surface area contributed by atoms with E-state index in [1.807, 2.05) is 0 Å². The van der Waals surface area contributed by atoms with Crippen LogP contribution >= 0.6 is 11.8 Å². The SMILES string of the molecule is COc1ccc(C2=NC(=O)/C(=C\C(=O)O)S2)cc1. The number of aliphatic imine (C=N–C) groups is 1. The van der Waals surface area contributed by atoms with E-state index in [1.54, 1.807) is 31.4 Å². The van der Waals surface area contributed by atoms with Gasteiger partial charge in [-0.15, -0.1) is 0 Å². The van der Waals surface area contributed by atoms with Gasteiger partial charge in [-0.1, -0.05) is 11.8 Å². The summed E-state index contributed by atoms with van der Waals surface area (Å²) in [6, 6.07) is 7.03. The fourth-order valence-electron chi connectivity index (χ4n) is 1.38. The Morgan fingerprint density at radius 2 is 2.06 bits per heavy atom. The predicted molar refractivity (Wildman–Crippen MR) is 67.8 cm³/mol. The van der Waals surface area contributed by atoms with Crippen molar-refractivity contribution in [2.45, 2.75) is 0 Å². The van der Waals surface area contributed by atoms with Crippen molar-refractivity contribution in [1.82, 2.24) is 0 Å². The summed E-state index contributed by atoms with van der Waals surface area (Å²) in [6.07, 6.45) is 0.868. The van der Waals surface area contributed by atoms with Crippen LogP contribution < -0.4 is 4.74 Å². The number of carbonyl (C=O) groups is 2. The number of carbonyl (C=O) groups excluding carboxylic acids is 1. The van der Waals surface area contributed by atoms with Crippen molar-refractivity contribution in [3.63, 3.8) is 0 Å². The molecule has 0 saturated heterocycles. The van der Waals surface area contributed by atoms with Gasteiger partial charge in [-0.05, 0) is 24.3 Å². The van der Waals surface area contributed by atoms with Gasteiger partial charge in [0.2, 0.25) is 0 Å². The Morgan fingerprint density at radius 3 is 2.61 bits per heavy atom. The van der Waals surface area contributed by atoms with Gasteiger partial charge in [-0.3, -0.25) is 4.79 Å². The summed E-state index contributed by atoms with van der Waals surface area (Å²) in [5, 5.41) is 9.10. The molecule has 2 rings (SSSR count). The van der Waals surface area contributed by atoms with Crippen LogP contribution in [0.5, 0.6) is 5.75 Å². The third-order valence-corrected chi connectivity index (χ3v) is 3.24. The first-order chi connectivity index (χ1) is 8.60. The zero-order chi connectivity index (χ0) is 13.1. The highest BCUT2D eigenvalue weighted by molar-refractivity contribution is 8.19. The Balaban J connectivity index is 2.23. The molecule has 1 N–H and O–H groups in total. The van der Waals surface area contributed by atoms with E-state index in [0.29, 0.717) is 10.8 Å². The van der Waals surface area contributed by atoms with Gasteiger partial charge < -0.3 is 9.84 Å². The lowest BCUT2D eigenvalue weighted by Crippen LogP contribution is -1.94.